The van der Waals surface area contributed by atoms with E-state index in [1.807, 2.05) is 18.2 Å². The van der Waals surface area contributed by atoms with Crippen molar-refractivity contribution in [1.82, 2.24) is 5.32 Å². The van der Waals surface area contributed by atoms with Crippen LogP contribution in [0, 0.1) is 5.92 Å². The number of hydrogen-bond acceptors (Lipinski definition) is 2. The van der Waals surface area contributed by atoms with Crippen molar-refractivity contribution in [3.63, 3.8) is 0 Å². The Hall–Kier alpha value is -0.570. The number of hydrogen-bond donors (Lipinski definition) is 1. The van der Waals surface area contributed by atoms with E-state index >= 15 is 0 Å². The molecule has 1 atom stereocenters. The van der Waals surface area contributed by atoms with Crippen molar-refractivity contribution in [2.24, 2.45) is 5.92 Å². The third kappa shape index (κ3) is 4.60. The first-order valence-corrected chi connectivity index (χ1v) is 7.25. The second-order valence-electron chi connectivity index (χ2n) is 5.02. The fourth-order valence-corrected chi connectivity index (χ4v) is 2.13. The molecule has 3 heteroatoms. The molecule has 100 valence electrons. The highest BCUT2D eigenvalue weighted by molar-refractivity contribution is 6.30. The van der Waals surface area contributed by atoms with E-state index in [9.17, 15) is 0 Å². The van der Waals surface area contributed by atoms with Crippen molar-refractivity contribution in [3.05, 3.63) is 34.9 Å². The van der Waals surface area contributed by atoms with Gasteiger partial charge in [0.2, 0.25) is 0 Å². The van der Waals surface area contributed by atoms with Gasteiger partial charge in [0.25, 0.3) is 0 Å². The highest BCUT2D eigenvalue weighted by Gasteiger charge is 2.23. The third-order valence-electron chi connectivity index (χ3n) is 3.21. The van der Waals surface area contributed by atoms with Crippen molar-refractivity contribution in [2.75, 3.05) is 19.7 Å². The van der Waals surface area contributed by atoms with Crippen LogP contribution in [0.4, 0.5) is 0 Å². The monoisotopic (exact) mass is 267 g/mol. The zero-order valence-electron chi connectivity index (χ0n) is 11.0. The summed E-state index contributed by atoms with van der Waals surface area (Å²) >= 11 is 6.05. The molecule has 2 nitrogen and oxygen atoms in total. The summed E-state index contributed by atoms with van der Waals surface area (Å²) in [5.74, 6) is 0.790. The van der Waals surface area contributed by atoms with Gasteiger partial charge in [-0.2, -0.15) is 0 Å². The Morgan fingerprint density at radius 2 is 2.28 bits per heavy atom. The zero-order chi connectivity index (χ0) is 12.8. The standard InChI is InChI=1S/C15H22ClNO/c1-2-8-17-10-15(18-11-12-6-7-12)13-4-3-5-14(16)9-13/h3-5,9,12,15,17H,2,6-8,10-11H2,1H3. The van der Waals surface area contributed by atoms with Crippen LogP contribution >= 0.6 is 11.6 Å². The minimum absolute atomic E-state index is 0.121. The molecule has 1 unspecified atom stereocenters. The first kappa shape index (κ1) is 13.9. The number of nitrogens with one attached hydrogen (secondary N) is 1. The normalized spacial score (nSPS) is 16.8. The largest absolute Gasteiger partial charge is 0.372 e. The Labute approximate surface area is 115 Å². The SMILES string of the molecule is CCCNCC(OCC1CC1)c1cccc(Cl)c1. The highest BCUT2D eigenvalue weighted by Crippen LogP contribution is 2.31. The molecule has 1 N–H and O–H groups in total. The topological polar surface area (TPSA) is 21.3 Å². The molecule has 1 aliphatic carbocycles. The van der Waals surface area contributed by atoms with Gasteiger partial charge in [0.15, 0.2) is 0 Å². The maximum Gasteiger partial charge on any atom is 0.0949 e. The van der Waals surface area contributed by atoms with Crippen molar-refractivity contribution in [1.29, 1.82) is 0 Å². The maximum atomic E-state index is 6.05. The van der Waals surface area contributed by atoms with Crippen molar-refractivity contribution in [2.45, 2.75) is 32.3 Å². The summed E-state index contributed by atoms with van der Waals surface area (Å²) in [5.41, 5.74) is 1.17. The van der Waals surface area contributed by atoms with E-state index in [1.165, 1.54) is 18.4 Å². The molecule has 0 bridgehead atoms. The molecule has 1 aromatic carbocycles. The summed E-state index contributed by atoms with van der Waals surface area (Å²) in [5, 5.41) is 4.21. The molecule has 0 aliphatic heterocycles. The quantitative estimate of drug-likeness (QED) is 0.724. The predicted molar refractivity (Wildman–Crippen MR) is 76.0 cm³/mol. The molecule has 18 heavy (non-hydrogen) atoms. The lowest BCUT2D eigenvalue weighted by molar-refractivity contribution is 0.0453. The summed E-state index contributed by atoms with van der Waals surface area (Å²) in [6.45, 7) is 4.95. The summed E-state index contributed by atoms with van der Waals surface area (Å²) in [6, 6.07) is 8.00. The van der Waals surface area contributed by atoms with Crippen molar-refractivity contribution >= 4 is 11.6 Å². The molecule has 0 spiro atoms. The Balaban J connectivity index is 1.92. The predicted octanol–water partition coefficient (Wildman–Crippen LogP) is 3.81. The molecule has 0 amide bonds. The van der Waals surface area contributed by atoms with Gasteiger partial charge in [0.1, 0.15) is 0 Å². The molecular weight excluding hydrogens is 246 g/mol. The molecule has 0 heterocycles. The first-order valence-electron chi connectivity index (χ1n) is 6.87. The average molecular weight is 268 g/mol. The Morgan fingerprint density at radius 3 is 2.94 bits per heavy atom. The highest BCUT2D eigenvalue weighted by atomic mass is 35.5. The van der Waals surface area contributed by atoms with Crippen LogP contribution in [-0.2, 0) is 4.74 Å². The minimum Gasteiger partial charge on any atom is -0.372 e. The van der Waals surface area contributed by atoms with Crippen LogP contribution in [0.1, 0.15) is 37.9 Å². The Morgan fingerprint density at radius 1 is 1.44 bits per heavy atom. The fourth-order valence-electron chi connectivity index (χ4n) is 1.93. The fraction of sp³-hybridized carbons (Fsp3) is 0.600. The van der Waals surface area contributed by atoms with Crippen LogP contribution in [-0.4, -0.2) is 19.7 Å². The molecule has 0 radical (unpaired) electrons. The first-order chi connectivity index (χ1) is 8.79. The number of ether oxygens (including phenoxy) is 1. The molecule has 1 aromatic rings. The van der Waals surface area contributed by atoms with Gasteiger partial charge in [0, 0.05) is 11.6 Å². The summed E-state index contributed by atoms with van der Waals surface area (Å²) in [6.07, 6.45) is 3.91. The van der Waals surface area contributed by atoms with Gasteiger partial charge in [-0.1, -0.05) is 30.7 Å². The molecule has 1 saturated carbocycles. The van der Waals surface area contributed by atoms with Crippen LogP contribution in [0.15, 0.2) is 24.3 Å². The van der Waals surface area contributed by atoms with E-state index in [0.29, 0.717) is 0 Å². The lowest BCUT2D eigenvalue weighted by Gasteiger charge is -2.19. The molecule has 1 aliphatic rings. The molecule has 2 rings (SSSR count). The van der Waals surface area contributed by atoms with Gasteiger partial charge >= 0.3 is 0 Å². The van der Waals surface area contributed by atoms with Crippen LogP contribution in [0.5, 0.6) is 0 Å². The smallest absolute Gasteiger partial charge is 0.0949 e. The van der Waals surface area contributed by atoms with E-state index in [0.717, 1.165) is 37.1 Å². The maximum absolute atomic E-state index is 6.05. The number of halogens is 1. The van der Waals surface area contributed by atoms with E-state index in [1.54, 1.807) is 0 Å². The van der Waals surface area contributed by atoms with Crippen LogP contribution < -0.4 is 5.32 Å². The summed E-state index contributed by atoms with van der Waals surface area (Å²) in [4.78, 5) is 0. The minimum atomic E-state index is 0.121. The summed E-state index contributed by atoms with van der Waals surface area (Å²) < 4.78 is 6.03. The van der Waals surface area contributed by atoms with E-state index in [2.05, 4.69) is 18.3 Å². The van der Waals surface area contributed by atoms with Gasteiger partial charge < -0.3 is 10.1 Å². The van der Waals surface area contributed by atoms with E-state index in [-0.39, 0.29) is 6.10 Å². The third-order valence-corrected chi connectivity index (χ3v) is 3.44. The van der Waals surface area contributed by atoms with Crippen LogP contribution in [0.3, 0.4) is 0 Å². The van der Waals surface area contributed by atoms with E-state index in [4.69, 9.17) is 16.3 Å². The molecule has 1 fully saturated rings. The lowest BCUT2D eigenvalue weighted by Crippen LogP contribution is -2.24. The zero-order valence-corrected chi connectivity index (χ0v) is 11.7. The Bertz CT molecular complexity index is 365. The van der Waals surface area contributed by atoms with E-state index < -0.39 is 0 Å². The number of rotatable bonds is 8. The number of benzene rings is 1. The molecular formula is C15H22ClNO. The van der Waals surface area contributed by atoms with Gasteiger partial charge in [0.05, 0.1) is 12.7 Å². The van der Waals surface area contributed by atoms with Gasteiger partial charge in [-0.3, -0.25) is 0 Å². The van der Waals surface area contributed by atoms with Crippen molar-refractivity contribution in [3.8, 4) is 0 Å². The van der Waals surface area contributed by atoms with Gasteiger partial charge in [-0.15, -0.1) is 0 Å². The molecule has 0 saturated heterocycles. The van der Waals surface area contributed by atoms with Gasteiger partial charge in [-0.05, 0) is 49.4 Å². The van der Waals surface area contributed by atoms with Crippen LogP contribution in [0.25, 0.3) is 0 Å². The second-order valence-corrected chi connectivity index (χ2v) is 5.46. The second kappa shape index (κ2) is 7.13. The Kier molecular flexibility index (Phi) is 5.48. The molecule has 0 aromatic heterocycles. The summed E-state index contributed by atoms with van der Waals surface area (Å²) in [7, 11) is 0. The lowest BCUT2D eigenvalue weighted by atomic mass is 10.1. The average Bonchev–Trinajstić information content (AvgIpc) is 3.17. The van der Waals surface area contributed by atoms with Crippen LogP contribution in [0.2, 0.25) is 5.02 Å². The van der Waals surface area contributed by atoms with Crippen molar-refractivity contribution < 1.29 is 4.74 Å². The van der Waals surface area contributed by atoms with Gasteiger partial charge in [-0.25, -0.2) is 0 Å².